The Morgan fingerprint density at radius 2 is 1.68 bits per heavy atom. The highest BCUT2D eigenvalue weighted by Crippen LogP contribution is 2.23. The number of benzene rings is 1. The van der Waals surface area contributed by atoms with Gasteiger partial charge in [0.05, 0.1) is 4.90 Å². The summed E-state index contributed by atoms with van der Waals surface area (Å²) in [4.78, 5) is 0.337. The lowest BCUT2D eigenvalue weighted by atomic mass is 9.87. The topological polar surface area (TPSA) is 46.2 Å². The summed E-state index contributed by atoms with van der Waals surface area (Å²) in [5, 5.41) is 0. The molecule has 0 spiro atoms. The van der Waals surface area contributed by atoms with Gasteiger partial charge in [0.1, 0.15) is 0 Å². The molecule has 0 aliphatic rings. The zero-order valence-corrected chi connectivity index (χ0v) is 13.3. The first-order valence-electron chi connectivity index (χ1n) is 6.79. The maximum atomic E-state index is 12.2. The van der Waals surface area contributed by atoms with Gasteiger partial charge in [0.25, 0.3) is 0 Å². The van der Waals surface area contributed by atoms with Gasteiger partial charge in [-0.3, -0.25) is 0 Å². The molecular weight excluding hydrogens is 258 g/mol. The third-order valence-electron chi connectivity index (χ3n) is 3.11. The van der Waals surface area contributed by atoms with Crippen molar-refractivity contribution in [3.63, 3.8) is 0 Å². The lowest BCUT2D eigenvalue weighted by molar-refractivity contribution is 0.543. The minimum Gasteiger partial charge on any atom is -0.208 e. The molecule has 1 atom stereocenters. The Morgan fingerprint density at radius 1 is 1.16 bits per heavy atom. The summed E-state index contributed by atoms with van der Waals surface area (Å²) in [5.74, 6) is 0. The van der Waals surface area contributed by atoms with Crippen LogP contribution in [0.2, 0.25) is 0 Å². The molecule has 0 saturated heterocycles. The molecule has 0 saturated carbocycles. The first-order valence-corrected chi connectivity index (χ1v) is 8.28. The highest BCUT2D eigenvalue weighted by molar-refractivity contribution is 7.89. The largest absolute Gasteiger partial charge is 0.240 e. The fraction of sp³-hybridized carbons (Fsp3) is 0.600. The van der Waals surface area contributed by atoms with Gasteiger partial charge < -0.3 is 0 Å². The summed E-state index contributed by atoms with van der Waals surface area (Å²) < 4.78 is 27.0. The van der Waals surface area contributed by atoms with Gasteiger partial charge in [0, 0.05) is 6.04 Å². The van der Waals surface area contributed by atoms with Crippen LogP contribution in [0.25, 0.3) is 0 Å². The molecule has 108 valence electrons. The fourth-order valence-electron chi connectivity index (χ4n) is 1.96. The molecule has 0 aromatic heterocycles. The summed E-state index contributed by atoms with van der Waals surface area (Å²) in [6.45, 7) is 10.3. The van der Waals surface area contributed by atoms with Crippen LogP contribution >= 0.6 is 0 Å². The molecule has 0 aliphatic heterocycles. The number of sulfonamides is 1. The van der Waals surface area contributed by atoms with Crippen molar-refractivity contribution in [1.29, 1.82) is 0 Å². The van der Waals surface area contributed by atoms with E-state index in [1.165, 1.54) is 0 Å². The Bertz CT molecular complexity index is 498. The van der Waals surface area contributed by atoms with Gasteiger partial charge in [-0.15, -0.1) is 0 Å². The Hall–Kier alpha value is -0.870. The number of hydrogen-bond donors (Lipinski definition) is 1. The molecule has 3 nitrogen and oxygen atoms in total. The average Bonchev–Trinajstić information content (AvgIpc) is 2.27. The van der Waals surface area contributed by atoms with Crippen molar-refractivity contribution in [3.05, 3.63) is 29.8 Å². The van der Waals surface area contributed by atoms with Crippen LogP contribution in [0.1, 0.15) is 53.0 Å². The van der Waals surface area contributed by atoms with Crippen LogP contribution in [0, 0.1) is 0 Å². The smallest absolute Gasteiger partial charge is 0.208 e. The molecule has 0 aliphatic carbocycles. The van der Waals surface area contributed by atoms with E-state index in [9.17, 15) is 8.42 Å². The molecule has 0 radical (unpaired) electrons. The van der Waals surface area contributed by atoms with Crippen LogP contribution < -0.4 is 4.72 Å². The summed E-state index contributed by atoms with van der Waals surface area (Å²) in [6.07, 6.45) is 1.81. The number of rotatable bonds is 5. The van der Waals surface area contributed by atoms with Crippen LogP contribution in [0.3, 0.4) is 0 Å². The molecule has 0 amide bonds. The van der Waals surface area contributed by atoms with Crippen molar-refractivity contribution >= 4 is 10.0 Å². The third-order valence-corrected chi connectivity index (χ3v) is 4.71. The summed E-state index contributed by atoms with van der Waals surface area (Å²) in [5.41, 5.74) is 1.17. The maximum Gasteiger partial charge on any atom is 0.240 e. The quantitative estimate of drug-likeness (QED) is 0.899. The van der Waals surface area contributed by atoms with E-state index in [2.05, 4.69) is 25.5 Å². The summed E-state index contributed by atoms with van der Waals surface area (Å²) >= 11 is 0. The van der Waals surface area contributed by atoms with E-state index in [0.717, 1.165) is 18.4 Å². The highest BCUT2D eigenvalue weighted by atomic mass is 32.2. The van der Waals surface area contributed by atoms with Crippen molar-refractivity contribution in [2.75, 3.05) is 0 Å². The molecular formula is C15H25NO2S. The van der Waals surface area contributed by atoms with Gasteiger partial charge in [-0.05, 0) is 36.5 Å². The van der Waals surface area contributed by atoms with Crippen molar-refractivity contribution in [2.45, 2.75) is 63.8 Å². The molecule has 0 fully saturated rings. The van der Waals surface area contributed by atoms with Crippen molar-refractivity contribution in [3.8, 4) is 0 Å². The van der Waals surface area contributed by atoms with Gasteiger partial charge in [-0.1, -0.05) is 46.2 Å². The second kappa shape index (κ2) is 6.06. The van der Waals surface area contributed by atoms with Gasteiger partial charge in [0.2, 0.25) is 10.0 Å². The lowest BCUT2D eigenvalue weighted by Crippen LogP contribution is -2.32. The predicted molar refractivity (Wildman–Crippen MR) is 79.8 cm³/mol. The predicted octanol–water partition coefficient (Wildman–Crippen LogP) is 3.45. The molecule has 1 aromatic rings. The first kappa shape index (κ1) is 16.2. The normalized spacial score (nSPS) is 14.4. The zero-order chi connectivity index (χ0) is 14.7. The van der Waals surface area contributed by atoms with Crippen molar-refractivity contribution < 1.29 is 8.42 Å². The monoisotopic (exact) mass is 283 g/mol. The van der Waals surface area contributed by atoms with Crippen LogP contribution in [0.4, 0.5) is 0 Å². The molecule has 0 heterocycles. The molecule has 19 heavy (non-hydrogen) atoms. The molecule has 4 heteroatoms. The Morgan fingerprint density at radius 3 is 2.11 bits per heavy atom. The maximum absolute atomic E-state index is 12.2. The third kappa shape index (κ3) is 4.62. The van der Waals surface area contributed by atoms with Gasteiger partial charge >= 0.3 is 0 Å². The fourth-order valence-corrected chi connectivity index (χ4v) is 3.24. The highest BCUT2D eigenvalue weighted by Gasteiger charge is 2.19. The van der Waals surface area contributed by atoms with Crippen LogP contribution in [0.15, 0.2) is 29.2 Å². The lowest BCUT2D eigenvalue weighted by Gasteiger charge is -2.19. The summed E-state index contributed by atoms with van der Waals surface area (Å²) in [7, 11) is -3.39. The minimum absolute atomic E-state index is 0.0303. The standard InChI is InChI=1S/C15H25NO2S/c1-6-7-12(2)16-19(17,18)14-10-8-13(9-11-14)15(3,4)5/h8-12,16H,6-7H2,1-5H3. The van der Waals surface area contributed by atoms with Gasteiger partial charge in [-0.25, -0.2) is 13.1 Å². The SMILES string of the molecule is CCCC(C)NS(=O)(=O)c1ccc(C(C)(C)C)cc1. The van der Waals surface area contributed by atoms with E-state index in [-0.39, 0.29) is 11.5 Å². The van der Waals surface area contributed by atoms with Crippen LogP contribution in [-0.2, 0) is 15.4 Å². The van der Waals surface area contributed by atoms with Crippen molar-refractivity contribution in [1.82, 2.24) is 4.72 Å². The molecule has 1 aromatic carbocycles. The van der Waals surface area contributed by atoms with E-state index in [1.807, 2.05) is 26.0 Å². The van der Waals surface area contributed by atoms with E-state index in [4.69, 9.17) is 0 Å². The average molecular weight is 283 g/mol. The minimum atomic E-state index is -3.39. The first-order chi connectivity index (χ1) is 8.66. The van der Waals surface area contributed by atoms with E-state index in [1.54, 1.807) is 12.1 Å². The molecule has 1 unspecified atom stereocenters. The van der Waals surface area contributed by atoms with Crippen LogP contribution in [0.5, 0.6) is 0 Å². The van der Waals surface area contributed by atoms with Crippen molar-refractivity contribution in [2.24, 2.45) is 0 Å². The number of nitrogens with one attached hydrogen (secondary N) is 1. The van der Waals surface area contributed by atoms with Gasteiger partial charge in [-0.2, -0.15) is 0 Å². The number of hydrogen-bond acceptors (Lipinski definition) is 2. The zero-order valence-electron chi connectivity index (χ0n) is 12.5. The van der Waals surface area contributed by atoms with E-state index >= 15 is 0 Å². The van der Waals surface area contributed by atoms with Gasteiger partial charge in [0.15, 0.2) is 0 Å². The summed E-state index contributed by atoms with van der Waals surface area (Å²) in [6, 6.07) is 7.11. The van der Waals surface area contributed by atoms with Crippen LogP contribution in [-0.4, -0.2) is 14.5 Å². The molecule has 1 rings (SSSR count). The second-order valence-corrected chi connectivity index (χ2v) is 7.80. The van der Waals surface area contributed by atoms with E-state index < -0.39 is 10.0 Å². The Labute approximate surface area is 117 Å². The molecule has 1 N–H and O–H groups in total. The van der Waals surface area contributed by atoms with E-state index in [0.29, 0.717) is 4.90 Å². The molecule has 0 bridgehead atoms. The second-order valence-electron chi connectivity index (χ2n) is 6.09. The Kier molecular flexibility index (Phi) is 5.16. The Balaban J connectivity index is 2.91.